The Bertz CT molecular complexity index is 1420. The number of carbonyl (C=O) groups excluding carboxylic acids is 4. The molecule has 2 unspecified atom stereocenters. The van der Waals surface area contributed by atoms with Crippen LogP contribution in [0.1, 0.15) is 175 Å². The largest absolute Gasteiger partial charge is 0.462 e. The molecule has 60 heavy (non-hydrogen) atoms. The van der Waals surface area contributed by atoms with Gasteiger partial charge in [-0.1, -0.05) is 10.1 Å². The predicted molar refractivity (Wildman–Crippen MR) is 223 cm³/mol. The Kier molecular flexibility index (Phi) is 14.2. The van der Waals surface area contributed by atoms with E-state index in [-0.39, 0.29) is 0 Å². The van der Waals surface area contributed by atoms with Crippen LogP contribution in [0.25, 0.3) is 0 Å². The molecule has 2 atom stereocenters. The highest BCUT2D eigenvalue weighted by Crippen LogP contribution is 2.43. The third kappa shape index (κ3) is 11.2. The molecular weight excluding hydrogens is 776 g/mol. The standard InChI is InChI=1S/C44H78N4O12/c1-37(2)19-27(20-38(3,4)45(37)53)57-33(49)17-31(35(51)59-29-23-41(9,10)47(55)42(11,12)24-29)32(36(52)60-30-25-43(13,14)48(56)44(15,16)26-30)18-34(50)58-28-21-39(5,6)46(54)40(7,8)22-28/h27-32,53-56H,17-26H2,1-16H3/p+2. The van der Waals surface area contributed by atoms with Crippen molar-refractivity contribution in [2.75, 3.05) is 0 Å². The summed E-state index contributed by atoms with van der Waals surface area (Å²) in [6, 6.07) is 0. The first-order valence-electron chi connectivity index (χ1n) is 21.7. The maximum absolute atomic E-state index is 14.7. The second kappa shape index (κ2) is 16.9. The summed E-state index contributed by atoms with van der Waals surface area (Å²) in [4.78, 5) is 57.6. The van der Waals surface area contributed by atoms with E-state index >= 15 is 0 Å². The molecule has 0 aromatic heterocycles. The molecule has 0 spiro atoms. The molecule has 6 N–H and O–H groups in total. The van der Waals surface area contributed by atoms with Gasteiger partial charge in [-0.05, 0) is 111 Å². The van der Waals surface area contributed by atoms with E-state index in [1.165, 1.54) is 20.3 Å². The molecule has 4 aliphatic heterocycles. The van der Waals surface area contributed by atoms with Gasteiger partial charge in [-0.25, -0.2) is 0 Å². The van der Waals surface area contributed by atoms with Crippen molar-refractivity contribution in [2.45, 2.75) is 244 Å². The van der Waals surface area contributed by atoms with Crippen LogP contribution in [0, 0.1) is 11.8 Å². The Morgan fingerprint density at radius 2 is 0.633 bits per heavy atom. The molecule has 0 radical (unpaired) electrons. The van der Waals surface area contributed by atoms with E-state index in [0.29, 0.717) is 51.4 Å². The van der Waals surface area contributed by atoms with Crippen LogP contribution >= 0.6 is 0 Å². The summed E-state index contributed by atoms with van der Waals surface area (Å²) in [5.41, 5.74) is -5.66. The minimum absolute atomic E-state index is 0.307. The highest BCUT2D eigenvalue weighted by molar-refractivity contribution is 5.88. The van der Waals surface area contributed by atoms with E-state index < -0.39 is 117 Å². The number of piperidine rings is 4. The molecule has 4 rings (SSSR count). The van der Waals surface area contributed by atoms with Crippen LogP contribution in [0.5, 0.6) is 0 Å². The van der Waals surface area contributed by atoms with Crippen molar-refractivity contribution in [3.05, 3.63) is 0 Å². The number of rotatable bonds is 11. The van der Waals surface area contributed by atoms with Crippen molar-refractivity contribution in [1.82, 2.24) is 20.3 Å². The Morgan fingerprint density at radius 3 is 0.867 bits per heavy atom. The van der Waals surface area contributed by atoms with Gasteiger partial charge in [0.15, 0.2) is 0 Å². The molecule has 0 aromatic carbocycles. The van der Waals surface area contributed by atoms with Gasteiger partial charge in [0.1, 0.15) is 24.4 Å². The monoisotopic (exact) mass is 857 g/mol. The summed E-state index contributed by atoms with van der Waals surface area (Å²) in [5, 5.41) is 44.8. The van der Waals surface area contributed by atoms with Gasteiger partial charge in [0, 0.05) is 73.5 Å². The zero-order chi connectivity index (χ0) is 46.0. The topological polar surface area (TPSA) is 204 Å². The predicted octanol–water partition coefficient (Wildman–Crippen LogP) is 5.32. The molecule has 4 fully saturated rings. The lowest BCUT2D eigenvalue weighted by molar-refractivity contribution is -0.262. The van der Waals surface area contributed by atoms with E-state index in [0.717, 1.165) is 0 Å². The highest BCUT2D eigenvalue weighted by Gasteiger charge is 2.54. The summed E-state index contributed by atoms with van der Waals surface area (Å²) < 4.78 is 24.5. The molecule has 4 heterocycles. The lowest BCUT2D eigenvalue weighted by atomic mass is 9.79. The van der Waals surface area contributed by atoms with Gasteiger partial charge in [-0.3, -0.25) is 19.2 Å². The molecule has 0 aromatic rings. The van der Waals surface area contributed by atoms with Crippen molar-refractivity contribution < 1.29 is 59.0 Å². The van der Waals surface area contributed by atoms with Crippen LogP contribution in [-0.4, -0.2) is 134 Å². The summed E-state index contributed by atoms with van der Waals surface area (Å²) in [5.74, 6) is -6.28. The van der Waals surface area contributed by atoms with Crippen molar-refractivity contribution in [2.24, 2.45) is 11.8 Å². The first kappa shape index (κ1) is 50.2. The fourth-order valence-corrected chi connectivity index (χ4v) is 11.2. The quantitative estimate of drug-likeness (QED) is 0.154. The third-order valence-corrected chi connectivity index (χ3v) is 13.6. The Balaban J connectivity index is 1.72. The summed E-state index contributed by atoms with van der Waals surface area (Å²) in [6.07, 6.45) is -1.29. The van der Waals surface area contributed by atoms with Gasteiger partial charge >= 0.3 is 23.9 Å². The third-order valence-electron chi connectivity index (χ3n) is 13.6. The van der Waals surface area contributed by atoms with E-state index in [1.807, 2.05) is 111 Å². The summed E-state index contributed by atoms with van der Waals surface area (Å²) in [7, 11) is 0. The molecule has 4 aliphatic rings. The summed E-state index contributed by atoms with van der Waals surface area (Å²) >= 11 is 0. The van der Waals surface area contributed by atoms with E-state index in [4.69, 9.17) is 29.4 Å². The van der Waals surface area contributed by atoms with E-state index in [9.17, 15) is 29.6 Å². The Hall–Kier alpha value is -2.44. The van der Waals surface area contributed by atoms with Crippen LogP contribution in [0.3, 0.4) is 0 Å². The van der Waals surface area contributed by atoms with Crippen molar-refractivity contribution >= 4 is 23.9 Å². The Labute approximate surface area is 358 Å². The second-order valence-electron chi connectivity index (χ2n) is 23.4. The van der Waals surface area contributed by atoms with Crippen molar-refractivity contribution in [1.29, 1.82) is 0 Å². The fraction of sp³-hybridized carbons (Fsp3) is 0.909. The van der Waals surface area contributed by atoms with Gasteiger partial charge in [-0.2, -0.15) is 10.1 Å². The highest BCUT2D eigenvalue weighted by atomic mass is 16.6. The van der Waals surface area contributed by atoms with Crippen LogP contribution < -0.4 is 0 Å². The molecule has 4 saturated heterocycles. The molecular formula is C44H80N4O12+2. The number of hydroxylamine groups is 8. The lowest BCUT2D eigenvalue weighted by Crippen LogP contribution is -2.61. The minimum atomic E-state index is -1.51. The number of ether oxygens (including phenoxy) is 4. The first-order chi connectivity index (χ1) is 26.9. The van der Waals surface area contributed by atoms with Gasteiger partial charge < -0.3 is 39.8 Å². The number of hydrogen-bond donors (Lipinski definition) is 2. The maximum Gasteiger partial charge on any atom is 0.310 e. The number of nitrogens with zero attached hydrogens (tertiary/aromatic N) is 4. The molecule has 0 bridgehead atoms. The van der Waals surface area contributed by atoms with Crippen LogP contribution in [0.15, 0.2) is 0 Å². The molecule has 0 aliphatic carbocycles. The van der Waals surface area contributed by atoms with Crippen LogP contribution in [-0.2, 0) is 38.1 Å². The molecule has 0 amide bonds. The smallest absolute Gasteiger partial charge is 0.310 e. The fourth-order valence-electron chi connectivity index (χ4n) is 11.2. The normalized spacial score (nSPS) is 28.3. The van der Waals surface area contributed by atoms with E-state index in [1.54, 1.807) is 0 Å². The zero-order valence-electron chi connectivity index (χ0n) is 39.5. The lowest BCUT2D eigenvalue weighted by Gasteiger charge is -2.51. The van der Waals surface area contributed by atoms with Gasteiger partial charge in [0.2, 0.25) is 0 Å². The number of hydrogen-bond acceptors (Lipinski definition) is 14. The SMILES string of the molecule is CC1(C)CC(OC(=O)CC(C(=O)OC2CC(C)(C)N([OH2+])C(C)(C)C2)C(CC(=O)OC2CC(C)(C)N(O)C(C)(C)C2)C(=O)OC2CC(C)(C)N([OH2+])C(C)(C)C2)CC(C)(C)N1O. The van der Waals surface area contributed by atoms with E-state index in [2.05, 4.69) is 0 Å². The number of esters is 4. The minimum Gasteiger partial charge on any atom is -0.462 e. The van der Waals surface area contributed by atoms with Crippen LogP contribution in [0.4, 0.5) is 0 Å². The molecule has 16 heteroatoms. The average Bonchev–Trinajstić information content (AvgIpc) is 3.04. The maximum atomic E-state index is 14.7. The van der Waals surface area contributed by atoms with Gasteiger partial charge in [-0.15, -0.1) is 0 Å². The van der Waals surface area contributed by atoms with Crippen molar-refractivity contribution in [3.63, 3.8) is 0 Å². The first-order valence-corrected chi connectivity index (χ1v) is 21.7. The van der Waals surface area contributed by atoms with Gasteiger partial charge in [0.05, 0.1) is 46.8 Å². The zero-order valence-corrected chi connectivity index (χ0v) is 39.5. The Morgan fingerprint density at radius 1 is 0.433 bits per heavy atom. The van der Waals surface area contributed by atoms with Crippen molar-refractivity contribution in [3.8, 4) is 0 Å². The average molecular weight is 857 g/mol. The number of carbonyl (C=O) groups is 4. The molecule has 0 saturated carbocycles. The second-order valence-corrected chi connectivity index (χ2v) is 23.4. The molecule has 346 valence electrons. The molecule has 16 nitrogen and oxygen atoms in total. The van der Waals surface area contributed by atoms with Crippen LogP contribution in [0.2, 0.25) is 0 Å². The summed E-state index contributed by atoms with van der Waals surface area (Å²) in [6.45, 7) is 29.9. The van der Waals surface area contributed by atoms with Gasteiger partial charge in [0.25, 0.3) is 0 Å².